The van der Waals surface area contributed by atoms with E-state index in [0.29, 0.717) is 12.2 Å². The van der Waals surface area contributed by atoms with Gasteiger partial charge in [-0.15, -0.1) is 0 Å². The number of benzene rings is 2. The molecule has 3 nitrogen and oxygen atoms in total. The van der Waals surface area contributed by atoms with E-state index in [-0.39, 0.29) is 0 Å². The second kappa shape index (κ2) is 6.36. The fourth-order valence-corrected chi connectivity index (χ4v) is 1.61. The maximum Gasteiger partial charge on any atom is 0.142 e. The quantitative estimate of drug-likeness (QED) is 0.616. The summed E-state index contributed by atoms with van der Waals surface area (Å²) < 4.78 is 0. The predicted molar refractivity (Wildman–Crippen MR) is 74.7 cm³/mol. The Bertz CT molecular complexity index is 609. The summed E-state index contributed by atoms with van der Waals surface area (Å²) in [4.78, 5) is 5.24. The maximum absolute atomic E-state index is 8.69. The van der Waals surface area contributed by atoms with Crippen LogP contribution in [0.4, 0.5) is 0 Å². The summed E-state index contributed by atoms with van der Waals surface area (Å²) in [6, 6.07) is 17.3. The lowest BCUT2D eigenvalue weighted by Gasteiger charge is -2.01. The van der Waals surface area contributed by atoms with Crippen LogP contribution in [0, 0.1) is 18.3 Å². The summed E-state index contributed by atoms with van der Waals surface area (Å²) in [7, 11) is 0. The van der Waals surface area contributed by atoms with Crippen molar-refractivity contribution < 1.29 is 4.84 Å². The zero-order valence-electron chi connectivity index (χ0n) is 10.7. The molecule has 94 valence electrons. The Labute approximate surface area is 112 Å². The Kier molecular flexibility index (Phi) is 4.30. The van der Waals surface area contributed by atoms with Gasteiger partial charge in [-0.2, -0.15) is 5.26 Å². The SMILES string of the molecule is Cc1ccccc1/C=N\OCc1ccc(C#N)cc1. The molecule has 0 aliphatic rings. The van der Waals surface area contributed by atoms with Crippen LogP contribution in [0.25, 0.3) is 0 Å². The average molecular weight is 250 g/mol. The van der Waals surface area contributed by atoms with Gasteiger partial charge in [0.15, 0.2) is 0 Å². The third kappa shape index (κ3) is 3.68. The first-order chi connectivity index (χ1) is 9.29. The normalized spacial score (nSPS) is 10.3. The van der Waals surface area contributed by atoms with Crippen molar-refractivity contribution in [1.82, 2.24) is 0 Å². The summed E-state index contributed by atoms with van der Waals surface area (Å²) >= 11 is 0. The fourth-order valence-electron chi connectivity index (χ4n) is 1.61. The number of hydrogen-bond donors (Lipinski definition) is 0. The van der Waals surface area contributed by atoms with Gasteiger partial charge in [-0.1, -0.05) is 41.6 Å². The van der Waals surface area contributed by atoms with Crippen molar-refractivity contribution in [2.75, 3.05) is 0 Å². The van der Waals surface area contributed by atoms with E-state index in [9.17, 15) is 0 Å². The second-order valence-electron chi connectivity index (χ2n) is 4.17. The molecule has 0 saturated heterocycles. The molecule has 0 amide bonds. The van der Waals surface area contributed by atoms with Crippen LogP contribution in [-0.4, -0.2) is 6.21 Å². The smallest absolute Gasteiger partial charge is 0.142 e. The minimum Gasteiger partial charge on any atom is -0.391 e. The Morgan fingerprint density at radius 3 is 2.58 bits per heavy atom. The van der Waals surface area contributed by atoms with Crippen molar-refractivity contribution in [1.29, 1.82) is 5.26 Å². The van der Waals surface area contributed by atoms with E-state index in [1.54, 1.807) is 18.3 Å². The first kappa shape index (κ1) is 12.8. The van der Waals surface area contributed by atoms with Crippen LogP contribution in [0.3, 0.4) is 0 Å². The molecule has 2 rings (SSSR count). The van der Waals surface area contributed by atoms with E-state index in [4.69, 9.17) is 10.1 Å². The van der Waals surface area contributed by atoms with Gasteiger partial charge >= 0.3 is 0 Å². The number of rotatable bonds is 4. The molecule has 2 aromatic carbocycles. The number of nitriles is 1. The van der Waals surface area contributed by atoms with Gasteiger partial charge in [0, 0.05) is 0 Å². The molecule has 3 heteroatoms. The van der Waals surface area contributed by atoms with E-state index in [0.717, 1.165) is 16.7 Å². The molecule has 0 fully saturated rings. The van der Waals surface area contributed by atoms with Crippen molar-refractivity contribution >= 4 is 6.21 Å². The van der Waals surface area contributed by atoms with Crippen molar-refractivity contribution in [2.24, 2.45) is 5.16 Å². The molecule has 0 unspecified atom stereocenters. The lowest BCUT2D eigenvalue weighted by molar-refractivity contribution is 0.132. The van der Waals surface area contributed by atoms with Crippen LogP contribution in [0.2, 0.25) is 0 Å². The number of oxime groups is 1. The Hall–Kier alpha value is -2.60. The standard InChI is InChI=1S/C16H14N2O/c1-13-4-2-3-5-16(13)11-18-19-12-15-8-6-14(10-17)7-9-15/h2-9,11H,12H2,1H3/b18-11-. The van der Waals surface area contributed by atoms with Gasteiger partial charge < -0.3 is 4.84 Å². The van der Waals surface area contributed by atoms with Gasteiger partial charge in [0.25, 0.3) is 0 Å². The minimum absolute atomic E-state index is 0.397. The lowest BCUT2D eigenvalue weighted by atomic mass is 10.1. The zero-order chi connectivity index (χ0) is 13.5. The van der Waals surface area contributed by atoms with Gasteiger partial charge in [0.05, 0.1) is 17.8 Å². The van der Waals surface area contributed by atoms with E-state index in [2.05, 4.69) is 11.2 Å². The fraction of sp³-hybridized carbons (Fsp3) is 0.125. The summed E-state index contributed by atoms with van der Waals surface area (Å²) in [5.41, 5.74) is 3.84. The van der Waals surface area contributed by atoms with Gasteiger partial charge in [-0.3, -0.25) is 0 Å². The third-order valence-corrected chi connectivity index (χ3v) is 2.77. The summed E-state index contributed by atoms with van der Waals surface area (Å²) in [5.74, 6) is 0. The van der Waals surface area contributed by atoms with Crippen LogP contribution in [-0.2, 0) is 11.4 Å². The molecule has 0 bridgehead atoms. The molecule has 0 N–H and O–H groups in total. The monoisotopic (exact) mass is 250 g/mol. The molecule has 0 saturated carbocycles. The zero-order valence-corrected chi connectivity index (χ0v) is 10.7. The molecule has 0 aliphatic heterocycles. The summed E-state index contributed by atoms with van der Waals surface area (Å²) in [6.45, 7) is 2.43. The first-order valence-corrected chi connectivity index (χ1v) is 5.99. The largest absolute Gasteiger partial charge is 0.391 e. The Morgan fingerprint density at radius 1 is 1.16 bits per heavy atom. The first-order valence-electron chi connectivity index (χ1n) is 5.99. The molecule has 2 aromatic rings. The van der Waals surface area contributed by atoms with Gasteiger partial charge in [-0.05, 0) is 35.7 Å². The van der Waals surface area contributed by atoms with Crippen molar-refractivity contribution in [3.63, 3.8) is 0 Å². The van der Waals surface area contributed by atoms with E-state index in [1.807, 2.05) is 43.3 Å². The van der Waals surface area contributed by atoms with Gasteiger partial charge in [0.1, 0.15) is 6.61 Å². The lowest BCUT2D eigenvalue weighted by Crippen LogP contribution is -1.90. The highest BCUT2D eigenvalue weighted by atomic mass is 16.6. The number of hydrogen-bond acceptors (Lipinski definition) is 3. The molecule has 0 spiro atoms. The van der Waals surface area contributed by atoms with Gasteiger partial charge in [0.2, 0.25) is 0 Å². The van der Waals surface area contributed by atoms with Crippen LogP contribution in [0.1, 0.15) is 22.3 Å². The van der Waals surface area contributed by atoms with Gasteiger partial charge in [-0.25, -0.2) is 0 Å². The number of aryl methyl sites for hydroxylation is 1. The predicted octanol–water partition coefficient (Wildman–Crippen LogP) is 3.42. The molecule has 0 atom stereocenters. The maximum atomic E-state index is 8.69. The third-order valence-electron chi connectivity index (χ3n) is 2.77. The molecule has 0 aliphatic carbocycles. The highest BCUT2D eigenvalue weighted by molar-refractivity contribution is 5.81. The summed E-state index contributed by atoms with van der Waals surface area (Å²) in [6.07, 6.45) is 1.71. The second-order valence-corrected chi connectivity index (χ2v) is 4.17. The highest BCUT2D eigenvalue weighted by Gasteiger charge is 1.95. The Balaban J connectivity index is 1.90. The molecule has 19 heavy (non-hydrogen) atoms. The molecule has 0 heterocycles. The topological polar surface area (TPSA) is 45.4 Å². The van der Waals surface area contributed by atoms with E-state index >= 15 is 0 Å². The van der Waals surface area contributed by atoms with Crippen LogP contribution >= 0.6 is 0 Å². The van der Waals surface area contributed by atoms with Crippen LogP contribution in [0.5, 0.6) is 0 Å². The van der Waals surface area contributed by atoms with Crippen molar-refractivity contribution in [3.05, 3.63) is 70.8 Å². The Morgan fingerprint density at radius 2 is 1.89 bits per heavy atom. The minimum atomic E-state index is 0.397. The molecule has 0 aromatic heterocycles. The van der Waals surface area contributed by atoms with E-state index < -0.39 is 0 Å². The molecular formula is C16H14N2O. The van der Waals surface area contributed by atoms with Crippen LogP contribution in [0.15, 0.2) is 53.7 Å². The average Bonchev–Trinajstić information content (AvgIpc) is 2.46. The summed E-state index contributed by atoms with van der Waals surface area (Å²) in [5, 5.41) is 12.6. The number of nitrogens with zero attached hydrogens (tertiary/aromatic N) is 2. The molecule has 0 radical (unpaired) electrons. The van der Waals surface area contributed by atoms with E-state index in [1.165, 1.54) is 0 Å². The molecular weight excluding hydrogens is 236 g/mol. The van der Waals surface area contributed by atoms with Crippen molar-refractivity contribution in [2.45, 2.75) is 13.5 Å². The van der Waals surface area contributed by atoms with Crippen LogP contribution < -0.4 is 0 Å². The van der Waals surface area contributed by atoms with Crippen molar-refractivity contribution in [3.8, 4) is 6.07 Å². The highest BCUT2D eigenvalue weighted by Crippen LogP contribution is 2.06.